The Morgan fingerprint density at radius 3 is 2.43 bits per heavy atom. The summed E-state index contributed by atoms with van der Waals surface area (Å²) in [6.07, 6.45) is 4.53. The maximum absolute atomic E-state index is 13.7. The van der Waals surface area contributed by atoms with Crippen LogP contribution in [0.1, 0.15) is 62.8 Å². The van der Waals surface area contributed by atoms with Gasteiger partial charge in [0.2, 0.25) is 0 Å². The monoisotopic (exact) mass is 543 g/mol. The van der Waals surface area contributed by atoms with Crippen molar-refractivity contribution in [3.63, 3.8) is 0 Å². The lowest BCUT2D eigenvalue weighted by Gasteiger charge is -2.41. The predicted molar refractivity (Wildman–Crippen MR) is 142 cm³/mol. The normalized spacial score (nSPS) is 24.1. The Kier molecular flexibility index (Phi) is 8.31. The molecule has 1 amide bonds. The topological polar surface area (TPSA) is 48.0 Å². The van der Waals surface area contributed by atoms with E-state index in [-0.39, 0.29) is 18.2 Å². The van der Waals surface area contributed by atoms with Gasteiger partial charge in [-0.3, -0.25) is 0 Å². The van der Waals surface area contributed by atoms with Gasteiger partial charge in [0.25, 0.3) is 0 Å². The van der Waals surface area contributed by atoms with Crippen LogP contribution in [0.3, 0.4) is 0 Å². The summed E-state index contributed by atoms with van der Waals surface area (Å²) in [5, 5.41) is 0. The molecule has 5 nitrogen and oxygen atoms in total. The van der Waals surface area contributed by atoms with Gasteiger partial charge < -0.3 is 19.1 Å². The molecule has 2 aromatic carbocycles. The van der Waals surface area contributed by atoms with E-state index in [4.69, 9.17) is 14.2 Å². The van der Waals surface area contributed by atoms with Gasteiger partial charge in [0, 0.05) is 11.0 Å². The van der Waals surface area contributed by atoms with Gasteiger partial charge in [-0.25, -0.2) is 4.79 Å². The number of methoxy groups -OCH3 is 2. The van der Waals surface area contributed by atoms with Crippen LogP contribution in [-0.4, -0.2) is 37.9 Å². The molecular weight excluding hydrogens is 506 g/mol. The Morgan fingerprint density at radius 1 is 1.09 bits per heavy atom. The van der Waals surface area contributed by atoms with E-state index in [9.17, 15) is 4.79 Å². The highest BCUT2D eigenvalue weighted by Crippen LogP contribution is 2.41. The lowest BCUT2D eigenvalue weighted by Crippen LogP contribution is -2.45. The summed E-state index contributed by atoms with van der Waals surface area (Å²) in [6, 6.07) is 12.3. The lowest BCUT2D eigenvalue weighted by molar-refractivity contribution is -0.0167. The van der Waals surface area contributed by atoms with E-state index in [1.54, 1.807) is 14.2 Å². The van der Waals surface area contributed by atoms with Crippen molar-refractivity contribution in [2.75, 3.05) is 20.8 Å². The molecule has 1 fully saturated rings. The zero-order chi connectivity index (χ0) is 25.1. The van der Waals surface area contributed by atoms with Crippen LogP contribution < -0.4 is 9.47 Å². The Labute approximate surface area is 218 Å². The number of ether oxygens (including phenoxy) is 3. The largest absolute Gasteiger partial charge is 0.493 e. The molecule has 0 bridgehead atoms. The molecule has 4 rings (SSSR count). The highest BCUT2D eigenvalue weighted by atomic mass is 79.9. The molecule has 1 unspecified atom stereocenters. The summed E-state index contributed by atoms with van der Waals surface area (Å²) >= 11 is 3.53. The molecule has 35 heavy (non-hydrogen) atoms. The number of carbonyl (C=O) groups excluding carboxylic acids is 1. The molecular formula is C29H38BrNO4. The molecule has 0 saturated heterocycles. The number of hydrogen-bond acceptors (Lipinski definition) is 4. The van der Waals surface area contributed by atoms with Crippen LogP contribution in [0.5, 0.6) is 11.5 Å². The predicted octanol–water partition coefficient (Wildman–Crippen LogP) is 7.21. The maximum atomic E-state index is 13.7. The smallest absolute Gasteiger partial charge is 0.410 e. The second-order valence-electron chi connectivity index (χ2n) is 10.4. The van der Waals surface area contributed by atoms with E-state index in [0.29, 0.717) is 36.5 Å². The first-order valence-electron chi connectivity index (χ1n) is 12.8. The fourth-order valence-electron chi connectivity index (χ4n) is 5.76. The van der Waals surface area contributed by atoms with Gasteiger partial charge in [-0.2, -0.15) is 0 Å². The van der Waals surface area contributed by atoms with Crippen LogP contribution in [0.4, 0.5) is 4.79 Å². The van der Waals surface area contributed by atoms with Gasteiger partial charge in [0.1, 0.15) is 6.10 Å². The molecule has 190 valence electrons. The standard InChI is InChI=1S/C29H38BrNO4/c1-18(2)23-11-6-19(3)14-26(23)35-29(32)31-13-12-21-16-27(33-4)28(34-5)17-24(21)25(31)15-20-7-9-22(30)10-8-20/h7-10,16-19,23,25-26H,6,11-15H2,1-5H3/t19-,23+,25+,26?/m0/s1. The maximum Gasteiger partial charge on any atom is 0.410 e. The Bertz CT molecular complexity index is 1020. The number of halogens is 1. The van der Waals surface area contributed by atoms with Crippen molar-refractivity contribution in [2.45, 2.75) is 65.0 Å². The molecule has 4 atom stereocenters. The molecule has 2 aromatic rings. The summed E-state index contributed by atoms with van der Waals surface area (Å²) in [7, 11) is 3.31. The quantitative estimate of drug-likeness (QED) is 0.386. The molecule has 2 aliphatic rings. The third-order valence-electron chi connectivity index (χ3n) is 7.79. The van der Waals surface area contributed by atoms with Gasteiger partial charge in [-0.05, 0) is 84.4 Å². The SMILES string of the molecule is COc1cc2c(cc1OC)[C@@H](Cc1ccc(Br)cc1)N(C(=O)OC1C[C@@H](C)CC[C@@H]1C(C)C)CC2. The zero-order valence-electron chi connectivity index (χ0n) is 21.6. The fourth-order valence-corrected chi connectivity index (χ4v) is 6.02. The van der Waals surface area contributed by atoms with Gasteiger partial charge in [-0.15, -0.1) is 0 Å². The van der Waals surface area contributed by atoms with E-state index in [0.717, 1.165) is 35.0 Å². The van der Waals surface area contributed by atoms with Crippen molar-refractivity contribution in [1.82, 2.24) is 4.90 Å². The van der Waals surface area contributed by atoms with E-state index >= 15 is 0 Å². The van der Waals surface area contributed by atoms with Crippen molar-refractivity contribution in [1.29, 1.82) is 0 Å². The first-order valence-corrected chi connectivity index (χ1v) is 13.6. The molecule has 1 heterocycles. The Balaban J connectivity index is 1.65. The van der Waals surface area contributed by atoms with Crippen molar-refractivity contribution < 1.29 is 19.0 Å². The Morgan fingerprint density at radius 2 is 1.77 bits per heavy atom. The molecule has 6 heteroatoms. The molecule has 1 aliphatic carbocycles. The highest BCUT2D eigenvalue weighted by Gasteiger charge is 2.38. The van der Waals surface area contributed by atoms with Crippen molar-refractivity contribution >= 4 is 22.0 Å². The minimum Gasteiger partial charge on any atom is -0.493 e. The van der Waals surface area contributed by atoms with E-state index in [1.165, 1.54) is 17.5 Å². The van der Waals surface area contributed by atoms with Crippen molar-refractivity contribution in [2.24, 2.45) is 17.8 Å². The third kappa shape index (κ3) is 5.79. The number of carbonyl (C=O) groups is 1. The molecule has 1 saturated carbocycles. The van der Waals surface area contributed by atoms with Crippen LogP contribution in [0.15, 0.2) is 40.9 Å². The molecule has 0 aromatic heterocycles. The minimum atomic E-state index is -0.197. The van der Waals surface area contributed by atoms with E-state index < -0.39 is 0 Å². The van der Waals surface area contributed by atoms with Crippen molar-refractivity contribution in [3.8, 4) is 11.5 Å². The number of nitrogens with zero attached hydrogens (tertiary/aromatic N) is 1. The second-order valence-corrected chi connectivity index (χ2v) is 11.4. The summed E-state index contributed by atoms with van der Waals surface area (Å²) in [6.45, 7) is 7.38. The number of rotatable bonds is 6. The third-order valence-corrected chi connectivity index (χ3v) is 8.32. The second kappa shape index (κ2) is 11.2. The van der Waals surface area contributed by atoms with Crippen LogP contribution in [0.25, 0.3) is 0 Å². The summed E-state index contributed by atoms with van der Waals surface area (Å²) in [5.74, 6) is 2.91. The molecule has 1 aliphatic heterocycles. The number of hydrogen-bond donors (Lipinski definition) is 0. The van der Waals surface area contributed by atoms with Gasteiger partial charge >= 0.3 is 6.09 Å². The van der Waals surface area contributed by atoms with Gasteiger partial charge in [0.05, 0.1) is 20.3 Å². The molecule has 0 spiro atoms. The van der Waals surface area contributed by atoms with Gasteiger partial charge in [-0.1, -0.05) is 55.3 Å². The zero-order valence-corrected chi connectivity index (χ0v) is 23.1. The number of benzene rings is 2. The number of fused-ring (bicyclic) bond motifs is 1. The summed E-state index contributed by atoms with van der Waals surface area (Å²) in [4.78, 5) is 15.7. The first kappa shape index (κ1) is 25.9. The fraction of sp³-hybridized carbons (Fsp3) is 0.552. The molecule has 0 radical (unpaired) electrons. The van der Waals surface area contributed by atoms with Crippen LogP contribution >= 0.6 is 15.9 Å². The lowest BCUT2D eigenvalue weighted by atomic mass is 9.75. The average molecular weight is 545 g/mol. The molecule has 0 N–H and O–H groups in total. The van der Waals surface area contributed by atoms with E-state index in [2.05, 4.69) is 54.9 Å². The Hall–Kier alpha value is -2.21. The first-order chi connectivity index (χ1) is 16.8. The van der Waals surface area contributed by atoms with Crippen LogP contribution in [-0.2, 0) is 17.6 Å². The summed E-state index contributed by atoms with van der Waals surface area (Å²) in [5.41, 5.74) is 3.47. The summed E-state index contributed by atoms with van der Waals surface area (Å²) < 4.78 is 18.5. The minimum absolute atomic E-state index is 0.0219. The van der Waals surface area contributed by atoms with E-state index in [1.807, 2.05) is 23.1 Å². The van der Waals surface area contributed by atoms with Crippen molar-refractivity contribution in [3.05, 3.63) is 57.6 Å². The van der Waals surface area contributed by atoms with Crippen LogP contribution in [0, 0.1) is 17.8 Å². The number of amides is 1. The van der Waals surface area contributed by atoms with Crippen LogP contribution in [0.2, 0.25) is 0 Å². The van der Waals surface area contributed by atoms with Gasteiger partial charge in [0.15, 0.2) is 11.5 Å². The highest BCUT2D eigenvalue weighted by molar-refractivity contribution is 9.10. The average Bonchev–Trinajstić information content (AvgIpc) is 2.84.